The highest BCUT2D eigenvalue weighted by Crippen LogP contribution is 2.35. The Morgan fingerprint density at radius 1 is 1.25 bits per heavy atom. The number of aliphatic hydroxyl groups is 1. The maximum Gasteiger partial charge on any atom is 0.341 e. The standard InChI is InChI=1S/C18H16N2O4/c21-8-13-11-3-1-2-9-7-14-10(4-5-19-14)6-12(9)16(11)20-17(22)15(13)18(23)24/h4-7,19,21H,1-3,8H2,(H,20,22)(H,23,24). The molecule has 1 aromatic carbocycles. The van der Waals surface area contributed by atoms with Gasteiger partial charge in [0.25, 0.3) is 5.56 Å². The first-order valence-corrected chi connectivity index (χ1v) is 7.82. The number of nitrogens with one attached hydrogen (secondary N) is 2. The fraction of sp³-hybridized carbons (Fsp3) is 0.222. The topological polar surface area (TPSA) is 106 Å². The summed E-state index contributed by atoms with van der Waals surface area (Å²) in [6, 6.07) is 6.03. The summed E-state index contributed by atoms with van der Waals surface area (Å²) in [5, 5.41) is 20.1. The van der Waals surface area contributed by atoms with Crippen molar-refractivity contribution in [2.24, 2.45) is 0 Å². The van der Waals surface area contributed by atoms with Gasteiger partial charge < -0.3 is 20.2 Å². The minimum Gasteiger partial charge on any atom is -0.477 e. The molecule has 1 aliphatic rings. The second-order valence-electron chi connectivity index (χ2n) is 6.05. The summed E-state index contributed by atoms with van der Waals surface area (Å²) in [6.07, 6.45) is 4.13. The molecule has 0 radical (unpaired) electrons. The molecule has 0 fully saturated rings. The number of aromatic nitrogens is 2. The van der Waals surface area contributed by atoms with Gasteiger partial charge in [-0.15, -0.1) is 0 Å². The average molecular weight is 324 g/mol. The molecule has 0 unspecified atom stereocenters. The third-order valence-corrected chi connectivity index (χ3v) is 4.72. The van der Waals surface area contributed by atoms with Crippen LogP contribution < -0.4 is 5.56 Å². The lowest BCUT2D eigenvalue weighted by atomic mass is 9.95. The SMILES string of the molecule is O=C(O)c1c(CO)c2c([nH]c1=O)-c1cc3cc[nH]c3cc1CCC2. The summed E-state index contributed by atoms with van der Waals surface area (Å²) in [7, 11) is 0. The Hall–Kier alpha value is -2.86. The molecule has 0 bridgehead atoms. The van der Waals surface area contributed by atoms with Gasteiger partial charge in [-0.05, 0) is 48.6 Å². The van der Waals surface area contributed by atoms with Gasteiger partial charge >= 0.3 is 5.97 Å². The fourth-order valence-corrected chi connectivity index (χ4v) is 3.64. The number of aryl methyl sites for hydroxylation is 1. The Kier molecular flexibility index (Phi) is 3.28. The normalized spacial score (nSPS) is 13.4. The van der Waals surface area contributed by atoms with E-state index >= 15 is 0 Å². The van der Waals surface area contributed by atoms with E-state index in [9.17, 15) is 19.8 Å². The number of carbonyl (C=O) groups is 1. The summed E-state index contributed by atoms with van der Waals surface area (Å²) < 4.78 is 0. The van der Waals surface area contributed by atoms with Crippen molar-refractivity contribution >= 4 is 16.9 Å². The molecule has 122 valence electrons. The van der Waals surface area contributed by atoms with Crippen LogP contribution in [0.25, 0.3) is 22.2 Å². The van der Waals surface area contributed by atoms with E-state index in [1.165, 1.54) is 0 Å². The van der Waals surface area contributed by atoms with Gasteiger partial charge in [-0.1, -0.05) is 0 Å². The molecular formula is C18H16N2O4. The number of aromatic amines is 2. The number of aromatic carboxylic acids is 1. The third kappa shape index (κ3) is 2.07. The average Bonchev–Trinajstić information content (AvgIpc) is 2.93. The lowest BCUT2D eigenvalue weighted by Gasteiger charge is -2.14. The molecule has 6 nitrogen and oxygen atoms in total. The van der Waals surface area contributed by atoms with Crippen LogP contribution in [0.5, 0.6) is 0 Å². The number of H-pyrrole nitrogens is 2. The molecule has 2 aromatic heterocycles. The van der Waals surface area contributed by atoms with Crippen LogP contribution in [0, 0.1) is 0 Å². The van der Waals surface area contributed by atoms with Gasteiger partial charge in [-0.3, -0.25) is 4.79 Å². The number of carboxylic acids is 1. The summed E-state index contributed by atoms with van der Waals surface area (Å²) in [4.78, 5) is 29.6. The summed E-state index contributed by atoms with van der Waals surface area (Å²) in [5.74, 6) is -1.31. The van der Waals surface area contributed by atoms with E-state index in [-0.39, 0.29) is 11.1 Å². The molecule has 0 atom stereocenters. The van der Waals surface area contributed by atoms with Crippen LogP contribution in [0.1, 0.15) is 33.5 Å². The number of rotatable bonds is 2. The van der Waals surface area contributed by atoms with Crippen molar-refractivity contribution in [3.05, 3.63) is 57.0 Å². The number of carboxylic acid groups (broad SMARTS) is 1. The zero-order valence-corrected chi connectivity index (χ0v) is 12.8. The molecule has 0 amide bonds. The van der Waals surface area contributed by atoms with E-state index in [1.807, 2.05) is 18.3 Å². The van der Waals surface area contributed by atoms with Crippen LogP contribution >= 0.6 is 0 Å². The molecule has 2 heterocycles. The monoisotopic (exact) mass is 324 g/mol. The molecular weight excluding hydrogens is 308 g/mol. The Morgan fingerprint density at radius 3 is 2.83 bits per heavy atom. The lowest BCUT2D eigenvalue weighted by Crippen LogP contribution is -2.23. The fourth-order valence-electron chi connectivity index (χ4n) is 3.64. The first-order valence-electron chi connectivity index (χ1n) is 7.82. The predicted octanol–water partition coefficient (Wildman–Crippen LogP) is 2.20. The lowest BCUT2D eigenvalue weighted by molar-refractivity contribution is 0.0691. The number of benzene rings is 1. The second kappa shape index (κ2) is 5.35. The highest BCUT2D eigenvalue weighted by Gasteiger charge is 2.25. The van der Waals surface area contributed by atoms with Gasteiger partial charge in [0.2, 0.25) is 0 Å². The Balaban J connectivity index is 2.08. The van der Waals surface area contributed by atoms with Gasteiger partial charge in [0.05, 0.1) is 12.3 Å². The zero-order chi connectivity index (χ0) is 16.8. The van der Waals surface area contributed by atoms with Crippen LogP contribution in [0.3, 0.4) is 0 Å². The van der Waals surface area contributed by atoms with Crippen LogP contribution in [-0.4, -0.2) is 26.2 Å². The van der Waals surface area contributed by atoms with E-state index in [0.717, 1.165) is 40.4 Å². The van der Waals surface area contributed by atoms with Gasteiger partial charge in [0, 0.05) is 28.2 Å². The number of fused-ring (bicyclic) bond motifs is 4. The second-order valence-corrected chi connectivity index (χ2v) is 6.05. The van der Waals surface area contributed by atoms with Crippen molar-refractivity contribution in [1.29, 1.82) is 0 Å². The van der Waals surface area contributed by atoms with E-state index in [4.69, 9.17) is 0 Å². The Morgan fingerprint density at radius 2 is 2.08 bits per heavy atom. The summed E-state index contributed by atoms with van der Waals surface area (Å²) >= 11 is 0. The molecule has 6 heteroatoms. The minimum atomic E-state index is -1.31. The molecule has 0 spiro atoms. The number of hydrogen-bond acceptors (Lipinski definition) is 3. The van der Waals surface area contributed by atoms with Gasteiger partial charge in [-0.25, -0.2) is 4.79 Å². The molecule has 3 aromatic rings. The van der Waals surface area contributed by atoms with E-state index < -0.39 is 18.1 Å². The molecule has 0 saturated heterocycles. The van der Waals surface area contributed by atoms with Crippen LogP contribution in [0.15, 0.2) is 29.2 Å². The molecule has 4 rings (SSSR count). The van der Waals surface area contributed by atoms with Gasteiger partial charge in [-0.2, -0.15) is 0 Å². The molecule has 24 heavy (non-hydrogen) atoms. The summed E-state index contributed by atoms with van der Waals surface area (Å²) in [6.45, 7) is -0.463. The number of pyridine rings is 1. The molecule has 0 saturated carbocycles. The molecule has 4 N–H and O–H groups in total. The van der Waals surface area contributed by atoms with Gasteiger partial charge in [0.1, 0.15) is 5.56 Å². The van der Waals surface area contributed by atoms with Crippen molar-refractivity contribution in [3.63, 3.8) is 0 Å². The minimum absolute atomic E-state index is 0.225. The van der Waals surface area contributed by atoms with E-state index in [2.05, 4.69) is 16.0 Å². The van der Waals surface area contributed by atoms with Crippen molar-refractivity contribution in [2.45, 2.75) is 25.9 Å². The molecule has 1 aliphatic carbocycles. The maximum atomic E-state index is 12.3. The van der Waals surface area contributed by atoms with Crippen molar-refractivity contribution < 1.29 is 15.0 Å². The van der Waals surface area contributed by atoms with E-state index in [0.29, 0.717) is 12.1 Å². The van der Waals surface area contributed by atoms with Crippen molar-refractivity contribution in [1.82, 2.24) is 9.97 Å². The van der Waals surface area contributed by atoms with Gasteiger partial charge in [0.15, 0.2) is 0 Å². The summed E-state index contributed by atoms with van der Waals surface area (Å²) in [5.41, 5.74) is 3.58. The zero-order valence-electron chi connectivity index (χ0n) is 12.8. The number of aliphatic hydroxyl groups excluding tert-OH is 1. The van der Waals surface area contributed by atoms with Crippen molar-refractivity contribution in [2.75, 3.05) is 0 Å². The highest BCUT2D eigenvalue weighted by molar-refractivity contribution is 5.92. The van der Waals surface area contributed by atoms with Crippen LogP contribution in [0.2, 0.25) is 0 Å². The van der Waals surface area contributed by atoms with Crippen molar-refractivity contribution in [3.8, 4) is 11.3 Å². The maximum absolute atomic E-state index is 12.3. The highest BCUT2D eigenvalue weighted by atomic mass is 16.4. The smallest absolute Gasteiger partial charge is 0.341 e. The van der Waals surface area contributed by atoms with E-state index in [1.54, 1.807) is 0 Å². The third-order valence-electron chi connectivity index (χ3n) is 4.72. The first-order chi connectivity index (χ1) is 11.6. The quantitative estimate of drug-likeness (QED) is 0.580. The number of hydrogen-bond donors (Lipinski definition) is 4. The van der Waals surface area contributed by atoms with Crippen LogP contribution in [0.4, 0.5) is 0 Å². The largest absolute Gasteiger partial charge is 0.477 e. The first kappa shape index (κ1) is 14.7. The predicted molar refractivity (Wildman–Crippen MR) is 89.3 cm³/mol. The molecule has 0 aliphatic heterocycles. The van der Waals surface area contributed by atoms with Crippen LogP contribution in [-0.2, 0) is 19.4 Å². The Labute approximate surface area is 136 Å². The Bertz CT molecular complexity index is 1030.